The maximum Gasteiger partial charge on any atom is 0.0438 e. The minimum Gasteiger partial charge on any atom is -0.261 e. The molecule has 13 heavy (non-hydrogen) atoms. The second-order valence-corrected chi connectivity index (χ2v) is 4.16. The summed E-state index contributed by atoms with van der Waals surface area (Å²) in [5, 5.41) is 0. The maximum absolute atomic E-state index is 4.44. The summed E-state index contributed by atoms with van der Waals surface area (Å²) in [6, 6.07) is 4.29. The number of hydrogen-bond donors (Lipinski definition) is 0. The molecule has 70 valence electrons. The van der Waals surface area contributed by atoms with E-state index in [1.165, 1.54) is 30.5 Å². The van der Waals surface area contributed by atoms with Crippen LogP contribution in [0.5, 0.6) is 0 Å². The van der Waals surface area contributed by atoms with Crippen LogP contribution in [0.1, 0.15) is 31.5 Å². The molecule has 1 aromatic heterocycles. The van der Waals surface area contributed by atoms with Crippen molar-refractivity contribution >= 4 is 0 Å². The summed E-state index contributed by atoms with van der Waals surface area (Å²) in [7, 11) is 0. The smallest absolute Gasteiger partial charge is 0.0438 e. The Kier molecular flexibility index (Phi) is 2.34. The third-order valence-corrected chi connectivity index (χ3v) is 3.31. The number of hydrogen-bond acceptors (Lipinski definition) is 1. The van der Waals surface area contributed by atoms with Gasteiger partial charge in [-0.25, -0.2) is 0 Å². The summed E-state index contributed by atoms with van der Waals surface area (Å²) in [5.41, 5.74) is 2.81. The molecule has 1 heterocycles. The van der Waals surface area contributed by atoms with E-state index in [9.17, 15) is 0 Å². The molecule has 2 atom stereocenters. The molecule has 2 rings (SSSR count). The Labute approximate surface area is 80.2 Å². The molecule has 0 spiro atoms. The summed E-state index contributed by atoms with van der Waals surface area (Å²) >= 11 is 0. The van der Waals surface area contributed by atoms with Crippen LogP contribution in [-0.2, 0) is 12.8 Å². The molecule has 0 aliphatic heterocycles. The lowest BCUT2D eigenvalue weighted by Gasteiger charge is -2.28. The van der Waals surface area contributed by atoms with Crippen LogP contribution in [0.15, 0.2) is 18.3 Å². The summed E-state index contributed by atoms with van der Waals surface area (Å²) in [4.78, 5) is 4.44. The van der Waals surface area contributed by atoms with Crippen molar-refractivity contribution in [2.75, 3.05) is 0 Å². The van der Waals surface area contributed by atoms with Crippen molar-refractivity contribution in [2.24, 2.45) is 11.8 Å². The molecule has 1 heteroatoms. The minimum absolute atomic E-state index is 0.812. The maximum atomic E-state index is 4.44. The molecule has 1 aromatic rings. The topological polar surface area (TPSA) is 12.9 Å². The Balaban J connectivity index is 2.27. The molecule has 0 aromatic carbocycles. The molecule has 0 saturated carbocycles. The first-order valence-corrected chi connectivity index (χ1v) is 5.24. The van der Waals surface area contributed by atoms with Crippen molar-refractivity contribution in [1.29, 1.82) is 0 Å². The van der Waals surface area contributed by atoms with Gasteiger partial charge in [0.25, 0.3) is 0 Å². The first-order valence-electron chi connectivity index (χ1n) is 5.24. The lowest BCUT2D eigenvalue weighted by Crippen LogP contribution is -2.23. The SMILES string of the molecule is CCC1Cc2cccnc2CC1C. The summed E-state index contributed by atoms with van der Waals surface area (Å²) in [5.74, 6) is 1.68. The molecule has 0 radical (unpaired) electrons. The van der Waals surface area contributed by atoms with Crippen LogP contribution < -0.4 is 0 Å². The highest BCUT2D eigenvalue weighted by Crippen LogP contribution is 2.30. The molecule has 2 unspecified atom stereocenters. The van der Waals surface area contributed by atoms with E-state index in [-0.39, 0.29) is 0 Å². The Morgan fingerprint density at radius 1 is 1.46 bits per heavy atom. The van der Waals surface area contributed by atoms with Crippen LogP contribution in [0.25, 0.3) is 0 Å². The second kappa shape index (κ2) is 3.49. The average molecular weight is 175 g/mol. The normalized spacial score (nSPS) is 26.9. The van der Waals surface area contributed by atoms with E-state index in [1.807, 2.05) is 6.20 Å². The van der Waals surface area contributed by atoms with Gasteiger partial charge in [0, 0.05) is 11.9 Å². The van der Waals surface area contributed by atoms with Gasteiger partial charge in [-0.15, -0.1) is 0 Å². The Morgan fingerprint density at radius 3 is 3.08 bits per heavy atom. The van der Waals surface area contributed by atoms with E-state index in [2.05, 4.69) is 31.0 Å². The Hall–Kier alpha value is -0.850. The summed E-state index contributed by atoms with van der Waals surface area (Å²) in [6.45, 7) is 4.65. The number of rotatable bonds is 1. The highest BCUT2D eigenvalue weighted by atomic mass is 14.7. The Morgan fingerprint density at radius 2 is 2.31 bits per heavy atom. The predicted molar refractivity (Wildman–Crippen MR) is 54.6 cm³/mol. The molecule has 1 nitrogen and oxygen atoms in total. The van der Waals surface area contributed by atoms with E-state index in [1.54, 1.807) is 0 Å². The molecule has 0 bridgehead atoms. The van der Waals surface area contributed by atoms with Gasteiger partial charge in [-0.3, -0.25) is 4.98 Å². The fourth-order valence-corrected chi connectivity index (χ4v) is 2.34. The monoisotopic (exact) mass is 175 g/mol. The van der Waals surface area contributed by atoms with E-state index >= 15 is 0 Å². The van der Waals surface area contributed by atoms with Gasteiger partial charge in [0.15, 0.2) is 0 Å². The number of pyridine rings is 1. The molecule has 0 fully saturated rings. The largest absolute Gasteiger partial charge is 0.261 e. The van der Waals surface area contributed by atoms with Gasteiger partial charge < -0.3 is 0 Å². The van der Waals surface area contributed by atoms with Crippen molar-refractivity contribution in [3.63, 3.8) is 0 Å². The first-order chi connectivity index (χ1) is 6.31. The van der Waals surface area contributed by atoms with Gasteiger partial charge >= 0.3 is 0 Å². The van der Waals surface area contributed by atoms with Crippen molar-refractivity contribution in [1.82, 2.24) is 4.98 Å². The number of nitrogens with zero attached hydrogens (tertiary/aromatic N) is 1. The fraction of sp³-hybridized carbons (Fsp3) is 0.583. The van der Waals surface area contributed by atoms with E-state index < -0.39 is 0 Å². The zero-order valence-corrected chi connectivity index (χ0v) is 8.46. The van der Waals surface area contributed by atoms with Gasteiger partial charge in [-0.2, -0.15) is 0 Å². The molecular formula is C12H17N. The highest BCUT2D eigenvalue weighted by molar-refractivity contribution is 5.23. The van der Waals surface area contributed by atoms with Gasteiger partial charge in [0.1, 0.15) is 0 Å². The van der Waals surface area contributed by atoms with E-state index in [0.29, 0.717) is 0 Å². The summed E-state index contributed by atoms with van der Waals surface area (Å²) < 4.78 is 0. The lowest BCUT2D eigenvalue weighted by molar-refractivity contribution is 0.319. The van der Waals surface area contributed by atoms with Crippen LogP contribution in [0.2, 0.25) is 0 Å². The van der Waals surface area contributed by atoms with Gasteiger partial charge in [-0.1, -0.05) is 26.3 Å². The quantitative estimate of drug-likeness (QED) is 0.639. The zero-order chi connectivity index (χ0) is 9.26. The van der Waals surface area contributed by atoms with E-state index in [0.717, 1.165) is 11.8 Å². The van der Waals surface area contributed by atoms with Crippen LogP contribution >= 0.6 is 0 Å². The van der Waals surface area contributed by atoms with E-state index in [4.69, 9.17) is 0 Å². The summed E-state index contributed by atoms with van der Waals surface area (Å²) in [6.07, 6.45) is 5.63. The zero-order valence-electron chi connectivity index (χ0n) is 8.46. The molecule has 1 aliphatic rings. The van der Waals surface area contributed by atoms with Crippen LogP contribution in [0.3, 0.4) is 0 Å². The third kappa shape index (κ3) is 1.60. The third-order valence-electron chi connectivity index (χ3n) is 3.31. The molecule has 0 N–H and O–H groups in total. The fourth-order valence-electron chi connectivity index (χ4n) is 2.34. The van der Waals surface area contributed by atoms with Crippen molar-refractivity contribution in [2.45, 2.75) is 33.1 Å². The first kappa shape index (κ1) is 8.74. The van der Waals surface area contributed by atoms with Crippen molar-refractivity contribution in [3.8, 4) is 0 Å². The molecular weight excluding hydrogens is 158 g/mol. The second-order valence-electron chi connectivity index (χ2n) is 4.16. The van der Waals surface area contributed by atoms with Gasteiger partial charge in [0.05, 0.1) is 0 Å². The highest BCUT2D eigenvalue weighted by Gasteiger charge is 2.23. The van der Waals surface area contributed by atoms with Crippen LogP contribution in [0.4, 0.5) is 0 Å². The molecule has 0 amide bonds. The van der Waals surface area contributed by atoms with Gasteiger partial charge in [0.2, 0.25) is 0 Å². The minimum atomic E-state index is 0.812. The number of fused-ring (bicyclic) bond motifs is 1. The Bertz CT molecular complexity index is 293. The lowest BCUT2D eigenvalue weighted by atomic mass is 9.77. The molecule has 0 saturated heterocycles. The van der Waals surface area contributed by atoms with Crippen LogP contribution in [-0.4, -0.2) is 4.98 Å². The average Bonchev–Trinajstić information content (AvgIpc) is 2.17. The number of aromatic nitrogens is 1. The van der Waals surface area contributed by atoms with Crippen molar-refractivity contribution in [3.05, 3.63) is 29.6 Å². The van der Waals surface area contributed by atoms with Crippen molar-refractivity contribution < 1.29 is 0 Å². The standard InChI is InChI=1S/C12H17N/c1-3-10-8-11-5-4-6-13-12(11)7-9(10)2/h4-6,9-10H,3,7-8H2,1-2H3. The predicted octanol–water partition coefficient (Wildman–Crippen LogP) is 2.84. The molecule has 1 aliphatic carbocycles. The van der Waals surface area contributed by atoms with Crippen LogP contribution in [0, 0.1) is 11.8 Å². The van der Waals surface area contributed by atoms with Gasteiger partial charge in [-0.05, 0) is 36.3 Å².